The van der Waals surface area contributed by atoms with Crippen molar-refractivity contribution in [1.29, 1.82) is 0 Å². The van der Waals surface area contributed by atoms with E-state index < -0.39 is 0 Å². The zero-order valence-corrected chi connectivity index (χ0v) is 14.6. The summed E-state index contributed by atoms with van der Waals surface area (Å²) in [5.74, 6) is 1.03. The summed E-state index contributed by atoms with van der Waals surface area (Å²) in [5.41, 5.74) is 0. The number of hydrogen-bond donors (Lipinski definition) is 0. The predicted octanol–water partition coefficient (Wildman–Crippen LogP) is 4.58. The van der Waals surface area contributed by atoms with Crippen molar-refractivity contribution in [3.63, 3.8) is 0 Å². The number of nitrogens with zero attached hydrogens (tertiary/aromatic N) is 4. The van der Waals surface area contributed by atoms with E-state index in [0.717, 1.165) is 13.1 Å². The third-order valence-electron chi connectivity index (χ3n) is 2.72. The first-order valence-electron chi connectivity index (χ1n) is 6.33. The SMILES string of the molecule is CCN(CC)c1nc(Cl)nc(Oc2ccc(Cl)cc2Br)n1. The molecule has 0 saturated heterocycles. The van der Waals surface area contributed by atoms with E-state index >= 15 is 0 Å². The van der Waals surface area contributed by atoms with E-state index in [2.05, 4.69) is 30.9 Å². The molecule has 1 aromatic heterocycles. The third-order valence-corrected chi connectivity index (χ3v) is 3.74. The van der Waals surface area contributed by atoms with Crippen molar-refractivity contribution in [3.05, 3.63) is 33.0 Å². The maximum absolute atomic E-state index is 5.94. The van der Waals surface area contributed by atoms with E-state index in [1.165, 1.54) is 0 Å². The average Bonchev–Trinajstić information content (AvgIpc) is 2.43. The van der Waals surface area contributed by atoms with Crippen molar-refractivity contribution in [2.24, 2.45) is 0 Å². The molecule has 0 fully saturated rings. The van der Waals surface area contributed by atoms with Crippen LogP contribution in [0.4, 0.5) is 5.95 Å². The number of anilines is 1. The molecule has 8 heteroatoms. The Balaban J connectivity index is 2.31. The zero-order valence-electron chi connectivity index (χ0n) is 11.5. The van der Waals surface area contributed by atoms with Crippen LogP contribution >= 0.6 is 39.1 Å². The molecule has 0 atom stereocenters. The Morgan fingerprint density at radius 1 is 1.14 bits per heavy atom. The summed E-state index contributed by atoms with van der Waals surface area (Å²) >= 11 is 15.2. The topological polar surface area (TPSA) is 51.1 Å². The molecule has 0 aliphatic heterocycles. The number of halogens is 3. The Bertz CT molecular complexity index is 638. The van der Waals surface area contributed by atoms with E-state index in [0.29, 0.717) is 21.2 Å². The normalized spacial score (nSPS) is 10.5. The number of rotatable bonds is 5. The van der Waals surface area contributed by atoms with Gasteiger partial charge in [-0.1, -0.05) is 11.6 Å². The molecule has 2 aromatic rings. The minimum atomic E-state index is 0.0898. The molecule has 5 nitrogen and oxygen atoms in total. The Kier molecular flexibility index (Phi) is 5.61. The molecule has 21 heavy (non-hydrogen) atoms. The van der Waals surface area contributed by atoms with Crippen LogP contribution in [-0.4, -0.2) is 28.0 Å². The lowest BCUT2D eigenvalue weighted by Crippen LogP contribution is -2.24. The van der Waals surface area contributed by atoms with Crippen LogP contribution in [-0.2, 0) is 0 Å². The van der Waals surface area contributed by atoms with Gasteiger partial charge in [-0.3, -0.25) is 0 Å². The Morgan fingerprint density at radius 2 is 1.86 bits per heavy atom. The number of hydrogen-bond acceptors (Lipinski definition) is 5. The first-order valence-corrected chi connectivity index (χ1v) is 7.87. The van der Waals surface area contributed by atoms with E-state index in [4.69, 9.17) is 27.9 Å². The highest BCUT2D eigenvalue weighted by molar-refractivity contribution is 9.10. The number of benzene rings is 1. The van der Waals surface area contributed by atoms with Gasteiger partial charge in [-0.2, -0.15) is 15.0 Å². The van der Waals surface area contributed by atoms with Gasteiger partial charge >= 0.3 is 6.01 Å². The Hall–Kier alpha value is -1.11. The monoisotopic (exact) mass is 390 g/mol. The lowest BCUT2D eigenvalue weighted by molar-refractivity contribution is 0.436. The first kappa shape index (κ1) is 16.3. The van der Waals surface area contributed by atoms with Crippen molar-refractivity contribution in [1.82, 2.24) is 15.0 Å². The molecule has 0 spiro atoms. The zero-order chi connectivity index (χ0) is 15.4. The standard InChI is InChI=1S/C13H13BrCl2N4O/c1-3-20(4-2)12-17-11(16)18-13(19-12)21-10-6-5-8(15)7-9(10)14/h5-7H,3-4H2,1-2H3. The lowest BCUT2D eigenvalue weighted by atomic mass is 10.3. The Labute approximate surface area is 141 Å². The molecule has 2 rings (SSSR count). The summed E-state index contributed by atoms with van der Waals surface area (Å²) in [5, 5.41) is 0.693. The van der Waals surface area contributed by atoms with E-state index in [9.17, 15) is 0 Å². The molecule has 0 bridgehead atoms. The second kappa shape index (κ2) is 7.24. The highest BCUT2D eigenvalue weighted by Crippen LogP contribution is 2.31. The van der Waals surface area contributed by atoms with Crippen molar-refractivity contribution < 1.29 is 4.74 Å². The summed E-state index contributed by atoms with van der Waals surface area (Å²) in [6.45, 7) is 5.55. The van der Waals surface area contributed by atoms with Gasteiger partial charge in [0.05, 0.1) is 4.47 Å². The van der Waals surface area contributed by atoms with Crippen LogP contribution in [0, 0.1) is 0 Å². The van der Waals surface area contributed by atoms with Gasteiger partial charge in [0, 0.05) is 18.1 Å². The number of ether oxygens (including phenoxy) is 1. The highest BCUT2D eigenvalue weighted by atomic mass is 79.9. The van der Waals surface area contributed by atoms with Gasteiger partial charge in [-0.05, 0) is 59.6 Å². The van der Waals surface area contributed by atoms with Gasteiger partial charge < -0.3 is 9.64 Å². The summed E-state index contributed by atoms with van der Waals surface area (Å²) in [7, 11) is 0. The van der Waals surface area contributed by atoms with Crippen molar-refractivity contribution in [3.8, 4) is 11.8 Å². The quantitative estimate of drug-likeness (QED) is 0.746. The summed E-state index contributed by atoms with van der Waals surface area (Å²) in [6.07, 6.45) is 0. The molecule has 1 heterocycles. The first-order chi connectivity index (χ1) is 10.0. The smallest absolute Gasteiger partial charge is 0.328 e. The van der Waals surface area contributed by atoms with Gasteiger partial charge in [0.15, 0.2) is 0 Å². The molecular formula is C13H13BrCl2N4O. The number of aromatic nitrogens is 3. The minimum absolute atomic E-state index is 0.0898. The van der Waals surface area contributed by atoms with Gasteiger partial charge in [0.2, 0.25) is 11.2 Å². The molecule has 112 valence electrons. The molecule has 0 aliphatic carbocycles. The maximum Gasteiger partial charge on any atom is 0.328 e. The van der Waals surface area contributed by atoms with Crippen LogP contribution in [0.2, 0.25) is 10.3 Å². The second-order valence-corrected chi connectivity index (χ2v) is 5.66. The van der Waals surface area contributed by atoms with Crippen LogP contribution in [0.1, 0.15) is 13.8 Å². The van der Waals surface area contributed by atoms with Crippen LogP contribution in [0.5, 0.6) is 11.8 Å². The maximum atomic E-state index is 5.94. The van der Waals surface area contributed by atoms with Crippen LogP contribution in [0.3, 0.4) is 0 Å². The van der Waals surface area contributed by atoms with Crippen molar-refractivity contribution >= 4 is 45.1 Å². The molecule has 0 saturated carbocycles. The molecule has 1 aromatic carbocycles. The van der Waals surface area contributed by atoms with Crippen molar-refractivity contribution in [2.45, 2.75) is 13.8 Å². The fourth-order valence-electron chi connectivity index (χ4n) is 1.67. The van der Waals surface area contributed by atoms with Gasteiger partial charge in [0.1, 0.15) is 5.75 Å². The second-order valence-electron chi connectivity index (χ2n) is 4.04. The molecule has 0 radical (unpaired) electrons. The van der Waals surface area contributed by atoms with E-state index in [-0.39, 0.29) is 11.3 Å². The molecule has 0 aliphatic rings. The summed E-state index contributed by atoms with van der Waals surface area (Å²) in [6, 6.07) is 5.31. The highest BCUT2D eigenvalue weighted by Gasteiger charge is 2.13. The fourth-order valence-corrected chi connectivity index (χ4v) is 2.58. The van der Waals surface area contributed by atoms with Gasteiger partial charge in [-0.25, -0.2) is 0 Å². The largest absolute Gasteiger partial charge is 0.423 e. The van der Waals surface area contributed by atoms with Crippen LogP contribution < -0.4 is 9.64 Å². The van der Waals surface area contributed by atoms with E-state index in [1.807, 2.05) is 18.7 Å². The van der Waals surface area contributed by atoms with Crippen LogP contribution in [0.15, 0.2) is 22.7 Å². The summed E-state index contributed by atoms with van der Waals surface area (Å²) < 4.78 is 6.35. The summed E-state index contributed by atoms with van der Waals surface area (Å²) in [4.78, 5) is 14.3. The fraction of sp³-hybridized carbons (Fsp3) is 0.308. The third kappa shape index (κ3) is 4.18. The molecular weight excluding hydrogens is 379 g/mol. The predicted molar refractivity (Wildman–Crippen MR) is 87.6 cm³/mol. The van der Waals surface area contributed by atoms with Crippen molar-refractivity contribution in [2.75, 3.05) is 18.0 Å². The molecule has 0 N–H and O–H groups in total. The van der Waals surface area contributed by atoms with Crippen LogP contribution in [0.25, 0.3) is 0 Å². The van der Waals surface area contributed by atoms with Gasteiger partial charge in [-0.15, -0.1) is 0 Å². The lowest BCUT2D eigenvalue weighted by Gasteiger charge is -2.18. The Morgan fingerprint density at radius 3 is 2.48 bits per heavy atom. The molecule has 0 unspecified atom stereocenters. The molecule has 0 amide bonds. The van der Waals surface area contributed by atoms with E-state index in [1.54, 1.807) is 18.2 Å². The van der Waals surface area contributed by atoms with Gasteiger partial charge in [0.25, 0.3) is 0 Å². The minimum Gasteiger partial charge on any atom is -0.423 e. The average molecular weight is 392 g/mol.